The molecule has 0 unspecified atom stereocenters. The number of benzene rings is 3. The minimum atomic E-state index is -0.137. The Balaban J connectivity index is 1.48. The average Bonchev–Trinajstić information content (AvgIpc) is 3.57. The summed E-state index contributed by atoms with van der Waals surface area (Å²) in [5.74, 6) is 1.47. The van der Waals surface area contributed by atoms with E-state index in [0.29, 0.717) is 5.78 Å². The first-order valence-electron chi connectivity index (χ1n) is 13.1. The molecule has 2 aromatic heterocycles. The summed E-state index contributed by atoms with van der Waals surface area (Å²) in [5, 5.41) is 10.1. The van der Waals surface area contributed by atoms with Crippen LogP contribution in [0.4, 0.5) is 0 Å². The summed E-state index contributed by atoms with van der Waals surface area (Å²) in [4.78, 5) is 14.5. The number of nitrogens with zero attached hydrogens (tertiary/aromatic N) is 4. The van der Waals surface area contributed by atoms with Crippen LogP contribution in [0.1, 0.15) is 42.4 Å². The molecule has 2 aliphatic rings. The van der Waals surface area contributed by atoms with E-state index in [1.54, 1.807) is 16.3 Å². The molecular formula is C31H28N4OS. The molecule has 1 saturated carbocycles. The van der Waals surface area contributed by atoms with E-state index in [-0.39, 0.29) is 11.0 Å². The molecule has 0 radical (unpaired) electrons. The third kappa shape index (κ3) is 3.65. The number of hydrogen-bond acceptors (Lipinski definition) is 4. The Morgan fingerprint density at radius 3 is 2.32 bits per heavy atom. The minimum Gasteiger partial charge on any atom is -0.268 e. The van der Waals surface area contributed by atoms with Crippen molar-refractivity contribution in [2.75, 3.05) is 5.75 Å². The highest BCUT2D eigenvalue weighted by Crippen LogP contribution is 2.50. The maximum Gasteiger partial charge on any atom is 0.263 e. The fraction of sp³-hybridized carbons (Fsp3) is 0.258. The van der Waals surface area contributed by atoms with E-state index in [1.165, 1.54) is 11.1 Å². The van der Waals surface area contributed by atoms with Crippen LogP contribution in [0.25, 0.3) is 22.7 Å². The van der Waals surface area contributed by atoms with Crippen LogP contribution in [0, 0.1) is 0 Å². The molecule has 5 nitrogen and oxygen atoms in total. The van der Waals surface area contributed by atoms with Crippen molar-refractivity contribution < 1.29 is 0 Å². The summed E-state index contributed by atoms with van der Waals surface area (Å²) in [6, 6.07) is 29.1. The first-order valence-corrected chi connectivity index (χ1v) is 14.1. The van der Waals surface area contributed by atoms with Crippen LogP contribution in [0.5, 0.6) is 0 Å². The molecule has 2 aliphatic carbocycles. The highest BCUT2D eigenvalue weighted by Gasteiger charge is 2.45. The van der Waals surface area contributed by atoms with Gasteiger partial charge in [-0.1, -0.05) is 97.4 Å². The van der Waals surface area contributed by atoms with Gasteiger partial charge in [-0.2, -0.15) is 0 Å². The van der Waals surface area contributed by atoms with E-state index >= 15 is 0 Å². The van der Waals surface area contributed by atoms with Crippen molar-refractivity contribution in [3.05, 3.63) is 112 Å². The second kappa shape index (κ2) is 9.03. The zero-order chi connectivity index (χ0) is 24.8. The zero-order valence-electron chi connectivity index (χ0n) is 20.6. The maximum atomic E-state index is 14.5. The van der Waals surface area contributed by atoms with Crippen LogP contribution in [0.3, 0.4) is 0 Å². The number of fused-ring (bicyclic) bond motifs is 6. The van der Waals surface area contributed by atoms with Crippen molar-refractivity contribution in [1.82, 2.24) is 19.2 Å². The minimum absolute atomic E-state index is 0.0540. The quantitative estimate of drug-likeness (QED) is 0.266. The van der Waals surface area contributed by atoms with Gasteiger partial charge in [0, 0.05) is 22.3 Å². The number of para-hydroxylation sites is 1. The van der Waals surface area contributed by atoms with Gasteiger partial charge in [-0.25, -0.2) is 4.57 Å². The van der Waals surface area contributed by atoms with E-state index < -0.39 is 0 Å². The number of rotatable bonds is 5. The fourth-order valence-corrected chi connectivity index (χ4v) is 7.32. The first-order chi connectivity index (χ1) is 18.3. The molecular weight excluding hydrogens is 476 g/mol. The van der Waals surface area contributed by atoms with Gasteiger partial charge >= 0.3 is 0 Å². The van der Waals surface area contributed by atoms with Crippen molar-refractivity contribution in [3.63, 3.8) is 0 Å². The molecule has 2 heterocycles. The third-order valence-electron chi connectivity index (χ3n) is 8.07. The van der Waals surface area contributed by atoms with E-state index in [1.807, 2.05) is 36.4 Å². The Hall–Kier alpha value is -3.64. The van der Waals surface area contributed by atoms with Crippen molar-refractivity contribution >= 4 is 17.5 Å². The van der Waals surface area contributed by atoms with E-state index in [4.69, 9.17) is 0 Å². The van der Waals surface area contributed by atoms with Crippen LogP contribution < -0.4 is 5.56 Å². The van der Waals surface area contributed by atoms with Gasteiger partial charge in [0.1, 0.15) is 0 Å². The fourth-order valence-electron chi connectivity index (χ4n) is 6.40. The Morgan fingerprint density at radius 2 is 1.54 bits per heavy atom. The Labute approximate surface area is 220 Å². The molecule has 0 bridgehead atoms. The molecule has 0 atom stereocenters. The lowest BCUT2D eigenvalue weighted by Crippen LogP contribution is -2.40. The van der Waals surface area contributed by atoms with Crippen LogP contribution >= 0.6 is 11.8 Å². The lowest BCUT2D eigenvalue weighted by Gasteiger charge is -2.37. The van der Waals surface area contributed by atoms with E-state index in [9.17, 15) is 4.79 Å². The lowest BCUT2D eigenvalue weighted by atomic mass is 9.68. The smallest absolute Gasteiger partial charge is 0.263 e. The number of hydrogen-bond donors (Lipinski definition) is 0. The van der Waals surface area contributed by atoms with Crippen LogP contribution in [0.15, 0.2) is 94.9 Å². The molecule has 7 rings (SSSR count). The number of thioether (sulfide) groups is 1. The topological polar surface area (TPSA) is 52.2 Å². The largest absolute Gasteiger partial charge is 0.268 e. The molecule has 0 N–H and O–H groups in total. The predicted molar refractivity (Wildman–Crippen MR) is 149 cm³/mol. The van der Waals surface area contributed by atoms with Gasteiger partial charge in [0.25, 0.3) is 5.56 Å². The second-order valence-corrected chi connectivity index (χ2v) is 11.3. The summed E-state index contributed by atoms with van der Waals surface area (Å²) < 4.78 is 3.97. The summed E-state index contributed by atoms with van der Waals surface area (Å²) in [5.41, 5.74) is 6.47. The molecule has 37 heavy (non-hydrogen) atoms. The molecule has 0 amide bonds. The van der Waals surface area contributed by atoms with Crippen LogP contribution in [-0.2, 0) is 18.3 Å². The molecule has 0 saturated heterocycles. The Bertz CT molecular complexity index is 1650. The standard InChI is InChI=1S/C31H28N4OS/c36-28-26-27(25-16-8-7-13-23(25)21-31(26)18-9-10-19-31)35-29(34(28)24-14-5-2-6-15-24)32-33-30(35)37-20-17-22-11-3-1-4-12-22/h1-8,11-16H,9-10,17-21H2. The maximum absolute atomic E-state index is 14.5. The second-order valence-electron chi connectivity index (χ2n) is 10.2. The molecule has 3 aromatic carbocycles. The zero-order valence-corrected chi connectivity index (χ0v) is 21.5. The number of aryl methyl sites for hydroxylation is 1. The predicted octanol–water partition coefficient (Wildman–Crippen LogP) is 6.25. The van der Waals surface area contributed by atoms with Gasteiger partial charge in [0.2, 0.25) is 5.78 Å². The van der Waals surface area contributed by atoms with Gasteiger partial charge in [-0.3, -0.25) is 9.20 Å². The summed E-state index contributed by atoms with van der Waals surface area (Å²) in [7, 11) is 0. The third-order valence-corrected chi connectivity index (χ3v) is 9.00. The highest BCUT2D eigenvalue weighted by atomic mass is 32.2. The van der Waals surface area contributed by atoms with Crippen LogP contribution in [-0.4, -0.2) is 24.9 Å². The van der Waals surface area contributed by atoms with E-state index in [0.717, 1.165) is 71.9 Å². The Morgan fingerprint density at radius 1 is 0.838 bits per heavy atom. The van der Waals surface area contributed by atoms with Gasteiger partial charge in [0.15, 0.2) is 5.16 Å². The summed E-state index contributed by atoms with van der Waals surface area (Å²) >= 11 is 1.71. The van der Waals surface area contributed by atoms with E-state index in [2.05, 4.69) is 63.1 Å². The normalized spacial score (nSPS) is 15.7. The molecule has 1 spiro atoms. The highest BCUT2D eigenvalue weighted by molar-refractivity contribution is 7.99. The SMILES string of the molecule is O=c1c2c(n3c(SCCc4ccccc4)nnc3n1-c1ccccc1)-c1ccccc1CC21CCCC1. The summed E-state index contributed by atoms with van der Waals surface area (Å²) in [6.45, 7) is 0. The average molecular weight is 505 g/mol. The Kier molecular flexibility index (Phi) is 5.50. The van der Waals surface area contributed by atoms with Crippen molar-refractivity contribution in [3.8, 4) is 16.9 Å². The van der Waals surface area contributed by atoms with Crippen molar-refractivity contribution in [2.24, 2.45) is 0 Å². The molecule has 184 valence electrons. The molecule has 0 aliphatic heterocycles. The molecule has 1 fully saturated rings. The lowest BCUT2D eigenvalue weighted by molar-refractivity contribution is 0.424. The summed E-state index contributed by atoms with van der Waals surface area (Å²) in [6.07, 6.45) is 6.27. The van der Waals surface area contributed by atoms with Crippen molar-refractivity contribution in [2.45, 2.75) is 49.1 Å². The van der Waals surface area contributed by atoms with Gasteiger partial charge in [-0.15, -0.1) is 10.2 Å². The van der Waals surface area contributed by atoms with Gasteiger partial charge in [-0.05, 0) is 48.9 Å². The van der Waals surface area contributed by atoms with Gasteiger partial charge in [0.05, 0.1) is 11.4 Å². The molecule has 6 heteroatoms. The van der Waals surface area contributed by atoms with Crippen molar-refractivity contribution in [1.29, 1.82) is 0 Å². The number of aromatic nitrogens is 4. The van der Waals surface area contributed by atoms with Crippen LogP contribution in [0.2, 0.25) is 0 Å². The van der Waals surface area contributed by atoms with Gasteiger partial charge < -0.3 is 0 Å². The monoisotopic (exact) mass is 504 g/mol. The molecule has 5 aromatic rings. The first kappa shape index (κ1) is 22.5.